The van der Waals surface area contributed by atoms with Crippen molar-refractivity contribution >= 4 is 17.8 Å². The standard InChI is InChI=1S/C23H32N4O3/c1-17(27-21(29)23(25-22(27)30)11-5-6-12-23)20(28)24-14-19-10-7-13-26(16-19)15-18-8-3-2-4-9-18/h2-4,8-9,17,19H,5-7,10-16H2,1H3,(H,24,28)(H,25,30). The maximum absolute atomic E-state index is 12.9. The Bertz CT molecular complexity index is 791. The minimum absolute atomic E-state index is 0.237. The molecule has 2 saturated heterocycles. The molecular weight excluding hydrogens is 380 g/mol. The van der Waals surface area contributed by atoms with Gasteiger partial charge < -0.3 is 10.6 Å². The SMILES string of the molecule is CC(C(=O)NCC1CCCN(Cc2ccccc2)C1)N1C(=O)NC2(CCCC2)C1=O. The topological polar surface area (TPSA) is 81.8 Å². The summed E-state index contributed by atoms with van der Waals surface area (Å²) in [6.07, 6.45) is 5.39. The Morgan fingerprint density at radius 2 is 1.93 bits per heavy atom. The van der Waals surface area contributed by atoms with Crippen LogP contribution in [0.2, 0.25) is 0 Å². The number of rotatable bonds is 6. The normalized spacial score (nSPS) is 24.8. The Morgan fingerprint density at radius 3 is 2.67 bits per heavy atom. The molecular formula is C23H32N4O3. The highest BCUT2D eigenvalue weighted by molar-refractivity contribution is 6.09. The maximum atomic E-state index is 12.9. The third-order valence-corrected chi connectivity index (χ3v) is 6.83. The first kappa shape index (κ1) is 20.8. The summed E-state index contributed by atoms with van der Waals surface area (Å²) in [7, 11) is 0. The van der Waals surface area contributed by atoms with Crippen LogP contribution < -0.4 is 10.6 Å². The van der Waals surface area contributed by atoms with Crippen LogP contribution in [0.3, 0.4) is 0 Å². The van der Waals surface area contributed by atoms with Crippen LogP contribution in [0.4, 0.5) is 4.79 Å². The molecule has 3 fully saturated rings. The number of piperidine rings is 1. The summed E-state index contributed by atoms with van der Waals surface area (Å²) < 4.78 is 0. The minimum atomic E-state index is -0.790. The van der Waals surface area contributed by atoms with Gasteiger partial charge in [-0.15, -0.1) is 0 Å². The quantitative estimate of drug-likeness (QED) is 0.703. The summed E-state index contributed by atoms with van der Waals surface area (Å²) in [5.41, 5.74) is 0.530. The molecule has 0 bridgehead atoms. The zero-order valence-electron chi connectivity index (χ0n) is 17.7. The average molecular weight is 413 g/mol. The molecule has 1 aromatic carbocycles. The molecule has 4 rings (SSSR count). The zero-order chi connectivity index (χ0) is 21.1. The summed E-state index contributed by atoms with van der Waals surface area (Å²) in [6.45, 7) is 5.15. The van der Waals surface area contributed by atoms with E-state index in [1.54, 1.807) is 6.92 Å². The van der Waals surface area contributed by atoms with Gasteiger partial charge in [0, 0.05) is 19.6 Å². The molecule has 2 atom stereocenters. The number of nitrogens with one attached hydrogen (secondary N) is 2. The van der Waals surface area contributed by atoms with Crippen LogP contribution in [-0.2, 0) is 16.1 Å². The van der Waals surface area contributed by atoms with Gasteiger partial charge in [0.1, 0.15) is 11.6 Å². The lowest BCUT2D eigenvalue weighted by Crippen LogP contribution is -2.51. The van der Waals surface area contributed by atoms with Crippen molar-refractivity contribution in [3.63, 3.8) is 0 Å². The van der Waals surface area contributed by atoms with E-state index in [1.165, 1.54) is 5.56 Å². The Morgan fingerprint density at radius 1 is 1.20 bits per heavy atom. The van der Waals surface area contributed by atoms with Gasteiger partial charge in [-0.25, -0.2) is 9.69 Å². The molecule has 30 heavy (non-hydrogen) atoms. The summed E-state index contributed by atoms with van der Waals surface area (Å²) in [4.78, 5) is 41.6. The second kappa shape index (κ2) is 8.76. The fourth-order valence-electron chi connectivity index (χ4n) is 5.12. The van der Waals surface area contributed by atoms with Crippen LogP contribution in [-0.4, -0.2) is 58.9 Å². The molecule has 2 heterocycles. The van der Waals surface area contributed by atoms with Crippen LogP contribution in [0.25, 0.3) is 0 Å². The van der Waals surface area contributed by atoms with Crippen LogP contribution in [0.1, 0.15) is 51.0 Å². The summed E-state index contributed by atoms with van der Waals surface area (Å²) >= 11 is 0. The monoisotopic (exact) mass is 412 g/mol. The predicted octanol–water partition coefficient (Wildman–Crippen LogP) is 2.27. The van der Waals surface area contributed by atoms with Gasteiger partial charge in [-0.3, -0.25) is 14.5 Å². The predicted molar refractivity (Wildman–Crippen MR) is 113 cm³/mol. The number of urea groups is 1. The summed E-state index contributed by atoms with van der Waals surface area (Å²) in [5, 5.41) is 5.84. The Labute approximate surface area is 178 Å². The third-order valence-electron chi connectivity index (χ3n) is 6.83. The average Bonchev–Trinajstić information content (AvgIpc) is 3.31. The van der Waals surface area contributed by atoms with Gasteiger partial charge in [0.25, 0.3) is 5.91 Å². The lowest BCUT2D eigenvalue weighted by atomic mass is 9.97. The summed E-state index contributed by atoms with van der Waals surface area (Å²) in [6, 6.07) is 9.20. The number of amides is 4. The van der Waals surface area contributed by atoms with Gasteiger partial charge in [-0.1, -0.05) is 43.2 Å². The minimum Gasteiger partial charge on any atom is -0.354 e. The van der Waals surface area contributed by atoms with Gasteiger partial charge in [0.15, 0.2) is 0 Å². The molecule has 162 valence electrons. The van der Waals surface area contributed by atoms with Crippen molar-refractivity contribution in [2.75, 3.05) is 19.6 Å². The van der Waals surface area contributed by atoms with Gasteiger partial charge in [-0.2, -0.15) is 0 Å². The molecule has 7 heteroatoms. The third kappa shape index (κ3) is 4.21. The van der Waals surface area contributed by atoms with E-state index in [0.717, 1.165) is 50.2 Å². The van der Waals surface area contributed by atoms with Crippen molar-refractivity contribution in [3.05, 3.63) is 35.9 Å². The van der Waals surface area contributed by atoms with Crippen LogP contribution in [0, 0.1) is 5.92 Å². The first-order valence-electron chi connectivity index (χ1n) is 11.2. The molecule has 0 aromatic heterocycles. The smallest absolute Gasteiger partial charge is 0.325 e. The van der Waals surface area contributed by atoms with E-state index in [2.05, 4.69) is 39.8 Å². The Balaban J connectivity index is 1.28. The molecule has 0 radical (unpaired) electrons. The van der Waals surface area contributed by atoms with E-state index in [9.17, 15) is 14.4 Å². The number of likely N-dealkylation sites (tertiary alicyclic amines) is 1. The molecule has 2 unspecified atom stereocenters. The first-order chi connectivity index (χ1) is 14.5. The second-order valence-electron chi connectivity index (χ2n) is 9.04. The van der Waals surface area contributed by atoms with Gasteiger partial charge in [0.05, 0.1) is 0 Å². The highest BCUT2D eigenvalue weighted by atomic mass is 16.2. The van der Waals surface area contributed by atoms with E-state index >= 15 is 0 Å². The van der Waals surface area contributed by atoms with Crippen LogP contribution >= 0.6 is 0 Å². The zero-order valence-corrected chi connectivity index (χ0v) is 17.7. The second-order valence-corrected chi connectivity index (χ2v) is 9.04. The van der Waals surface area contributed by atoms with E-state index in [4.69, 9.17) is 0 Å². The first-order valence-corrected chi connectivity index (χ1v) is 11.2. The number of nitrogens with zero attached hydrogens (tertiary/aromatic N) is 2. The van der Waals surface area contributed by atoms with E-state index in [-0.39, 0.29) is 11.8 Å². The molecule has 1 spiro atoms. The number of benzene rings is 1. The molecule has 1 aliphatic carbocycles. The molecule has 2 aliphatic heterocycles. The highest BCUT2D eigenvalue weighted by Crippen LogP contribution is 2.35. The van der Waals surface area contributed by atoms with E-state index in [1.807, 2.05) is 6.07 Å². The molecule has 2 N–H and O–H groups in total. The highest BCUT2D eigenvalue weighted by Gasteiger charge is 2.54. The van der Waals surface area contributed by atoms with Gasteiger partial charge >= 0.3 is 6.03 Å². The Kier molecular flexibility index (Phi) is 6.09. The van der Waals surface area contributed by atoms with Crippen molar-refractivity contribution in [2.24, 2.45) is 5.92 Å². The largest absolute Gasteiger partial charge is 0.354 e. The van der Waals surface area contributed by atoms with Crippen molar-refractivity contribution in [3.8, 4) is 0 Å². The maximum Gasteiger partial charge on any atom is 0.325 e. The fraction of sp³-hybridized carbons (Fsp3) is 0.609. The van der Waals surface area contributed by atoms with Crippen molar-refractivity contribution in [1.82, 2.24) is 20.4 Å². The van der Waals surface area contributed by atoms with Crippen molar-refractivity contribution < 1.29 is 14.4 Å². The number of carbonyl (C=O) groups excluding carboxylic acids is 3. The van der Waals surface area contributed by atoms with Crippen molar-refractivity contribution in [2.45, 2.75) is 63.6 Å². The number of carbonyl (C=O) groups is 3. The number of hydrogen-bond donors (Lipinski definition) is 2. The fourth-order valence-corrected chi connectivity index (χ4v) is 5.12. The number of hydrogen-bond acceptors (Lipinski definition) is 4. The van der Waals surface area contributed by atoms with Gasteiger partial charge in [-0.05, 0) is 50.6 Å². The molecule has 4 amide bonds. The lowest BCUT2D eigenvalue weighted by Gasteiger charge is -2.33. The van der Waals surface area contributed by atoms with Crippen LogP contribution in [0.15, 0.2) is 30.3 Å². The Hall–Kier alpha value is -2.41. The van der Waals surface area contributed by atoms with Crippen molar-refractivity contribution in [1.29, 1.82) is 0 Å². The van der Waals surface area contributed by atoms with E-state index < -0.39 is 17.6 Å². The molecule has 1 saturated carbocycles. The lowest BCUT2D eigenvalue weighted by molar-refractivity contribution is -0.137. The number of imide groups is 1. The van der Waals surface area contributed by atoms with Gasteiger partial charge in [0.2, 0.25) is 5.91 Å². The molecule has 7 nitrogen and oxygen atoms in total. The van der Waals surface area contributed by atoms with Crippen LogP contribution in [0.5, 0.6) is 0 Å². The molecule has 3 aliphatic rings. The summed E-state index contributed by atoms with van der Waals surface area (Å²) in [5.74, 6) is -0.115. The molecule has 1 aromatic rings. The van der Waals surface area contributed by atoms with E-state index in [0.29, 0.717) is 25.3 Å².